The van der Waals surface area contributed by atoms with Gasteiger partial charge in [0.2, 0.25) is 0 Å². The number of carbonyl (C=O) groups excluding carboxylic acids is 1. The van der Waals surface area contributed by atoms with Gasteiger partial charge in [0.25, 0.3) is 0 Å². The summed E-state index contributed by atoms with van der Waals surface area (Å²) in [5.74, 6) is 0.340. The number of fused-ring (bicyclic) bond motifs is 1. The Hall–Kier alpha value is -3.06. The zero-order chi connectivity index (χ0) is 21.8. The molecule has 3 aromatic carbocycles. The minimum absolute atomic E-state index is 0.136. The maximum Gasteiger partial charge on any atom is 0.435 e. The predicted octanol–water partition coefficient (Wildman–Crippen LogP) is 6.28. The van der Waals surface area contributed by atoms with Gasteiger partial charge in [0, 0.05) is 31.9 Å². The Kier molecular flexibility index (Phi) is 6.42. The number of carbonyl (C=O) groups is 1. The van der Waals surface area contributed by atoms with E-state index in [0.29, 0.717) is 38.0 Å². The Balaban J connectivity index is 1.56. The number of anilines is 1. The van der Waals surface area contributed by atoms with Crippen LogP contribution in [0.25, 0.3) is 0 Å². The van der Waals surface area contributed by atoms with Crippen LogP contribution in [-0.2, 0) is 4.84 Å². The van der Waals surface area contributed by atoms with Crippen molar-refractivity contribution in [3.05, 3.63) is 92.9 Å². The van der Waals surface area contributed by atoms with Gasteiger partial charge < -0.3 is 4.84 Å². The quantitative estimate of drug-likeness (QED) is 0.430. The van der Waals surface area contributed by atoms with Crippen LogP contribution in [0.3, 0.4) is 0 Å². The van der Waals surface area contributed by atoms with Crippen molar-refractivity contribution in [2.45, 2.75) is 0 Å². The van der Waals surface area contributed by atoms with E-state index in [-0.39, 0.29) is 6.54 Å². The number of rotatable bonds is 2. The summed E-state index contributed by atoms with van der Waals surface area (Å²) in [6, 6.07) is 19.4. The SMILES string of the molecule is O=C(Nc1cccc(Cl)c1)ONC1=Nc2ccc(Cl)cc2C(c2ccccc2Cl)=NC1. The molecule has 156 valence electrons. The number of hydrogen-bond donors (Lipinski definition) is 2. The standard InChI is InChI=1S/C22H15Cl3N4O2/c23-13-4-3-5-15(10-13)27-22(30)31-29-20-12-26-21(16-6-1-2-7-18(16)25)17-11-14(24)8-9-19(17)28-20/h1-11H,12H2,(H,27,30)(H,28,29). The smallest absolute Gasteiger partial charge is 0.323 e. The molecule has 1 heterocycles. The lowest BCUT2D eigenvalue weighted by Crippen LogP contribution is -2.31. The zero-order valence-corrected chi connectivity index (χ0v) is 18.2. The summed E-state index contributed by atoms with van der Waals surface area (Å²) in [6.07, 6.45) is -0.721. The van der Waals surface area contributed by atoms with Crippen molar-refractivity contribution in [2.75, 3.05) is 11.9 Å². The molecule has 0 aromatic heterocycles. The monoisotopic (exact) mass is 472 g/mol. The molecule has 1 amide bonds. The van der Waals surface area contributed by atoms with Crippen LogP contribution < -0.4 is 10.8 Å². The number of halogens is 3. The summed E-state index contributed by atoms with van der Waals surface area (Å²) in [6.45, 7) is 0.136. The highest BCUT2D eigenvalue weighted by Crippen LogP contribution is 2.30. The normalized spacial score (nSPS) is 12.7. The van der Waals surface area contributed by atoms with Crippen LogP contribution in [0.2, 0.25) is 15.1 Å². The highest BCUT2D eigenvalue weighted by molar-refractivity contribution is 6.36. The molecule has 0 unspecified atom stereocenters. The number of amidine groups is 1. The average Bonchev–Trinajstić information content (AvgIpc) is 2.92. The summed E-state index contributed by atoms with van der Waals surface area (Å²) in [5, 5.41) is 4.17. The molecule has 0 atom stereocenters. The molecule has 4 rings (SSSR count). The van der Waals surface area contributed by atoms with Crippen molar-refractivity contribution >= 4 is 63.8 Å². The summed E-state index contributed by atoms with van der Waals surface area (Å²) < 4.78 is 0. The minimum Gasteiger partial charge on any atom is -0.323 e. The fourth-order valence-corrected chi connectivity index (χ4v) is 3.56. The molecule has 0 saturated heterocycles. The maximum absolute atomic E-state index is 12.1. The first-order chi connectivity index (χ1) is 15.0. The third-order valence-electron chi connectivity index (χ3n) is 4.32. The lowest BCUT2D eigenvalue weighted by Gasteiger charge is -2.10. The molecule has 3 aromatic rings. The molecule has 6 nitrogen and oxygen atoms in total. The molecular formula is C22H15Cl3N4O2. The Morgan fingerprint density at radius 1 is 0.903 bits per heavy atom. The van der Waals surface area contributed by atoms with Crippen molar-refractivity contribution in [1.29, 1.82) is 0 Å². The molecule has 0 bridgehead atoms. The number of aliphatic imine (C=N–C) groups is 2. The van der Waals surface area contributed by atoms with Crippen LogP contribution in [0.5, 0.6) is 0 Å². The number of nitrogens with zero attached hydrogens (tertiary/aromatic N) is 2. The number of benzene rings is 3. The maximum atomic E-state index is 12.1. The molecule has 0 radical (unpaired) electrons. The molecule has 2 N–H and O–H groups in total. The van der Waals surface area contributed by atoms with Gasteiger partial charge in [-0.3, -0.25) is 10.3 Å². The van der Waals surface area contributed by atoms with Crippen molar-refractivity contribution in [1.82, 2.24) is 5.48 Å². The van der Waals surface area contributed by atoms with Gasteiger partial charge in [-0.25, -0.2) is 15.3 Å². The first kappa shape index (κ1) is 21.2. The predicted molar refractivity (Wildman–Crippen MR) is 125 cm³/mol. The lowest BCUT2D eigenvalue weighted by molar-refractivity contribution is 0.134. The third kappa shape index (κ3) is 5.17. The number of amides is 1. The third-order valence-corrected chi connectivity index (χ3v) is 5.12. The fourth-order valence-electron chi connectivity index (χ4n) is 2.97. The van der Waals surface area contributed by atoms with Gasteiger partial charge in [-0.05, 0) is 42.5 Å². The second-order valence-corrected chi connectivity index (χ2v) is 7.77. The first-order valence-corrected chi connectivity index (χ1v) is 10.3. The molecule has 0 spiro atoms. The number of hydroxylamine groups is 1. The van der Waals surface area contributed by atoms with Gasteiger partial charge in [0.15, 0.2) is 5.84 Å². The fraction of sp³-hybridized carbons (Fsp3) is 0.0455. The van der Waals surface area contributed by atoms with E-state index in [1.54, 1.807) is 48.5 Å². The van der Waals surface area contributed by atoms with Crippen LogP contribution >= 0.6 is 34.8 Å². The number of nitrogens with one attached hydrogen (secondary N) is 2. The Bertz CT molecular complexity index is 1210. The Morgan fingerprint density at radius 2 is 1.71 bits per heavy atom. The van der Waals surface area contributed by atoms with Crippen LogP contribution in [-0.4, -0.2) is 24.2 Å². The van der Waals surface area contributed by atoms with E-state index >= 15 is 0 Å². The van der Waals surface area contributed by atoms with Crippen LogP contribution in [0.15, 0.2) is 76.7 Å². The molecule has 0 aliphatic carbocycles. The molecule has 9 heteroatoms. The van der Waals surface area contributed by atoms with Crippen molar-refractivity contribution in [3.8, 4) is 0 Å². The molecule has 0 fully saturated rings. The van der Waals surface area contributed by atoms with E-state index < -0.39 is 6.09 Å². The summed E-state index contributed by atoms with van der Waals surface area (Å²) in [4.78, 5) is 26.4. The summed E-state index contributed by atoms with van der Waals surface area (Å²) >= 11 is 18.5. The second-order valence-electron chi connectivity index (χ2n) is 6.49. The largest absolute Gasteiger partial charge is 0.435 e. The van der Waals surface area contributed by atoms with Gasteiger partial charge in [-0.2, -0.15) is 0 Å². The Labute approximate surface area is 193 Å². The van der Waals surface area contributed by atoms with Gasteiger partial charge in [-0.15, -0.1) is 0 Å². The van der Waals surface area contributed by atoms with Crippen molar-refractivity contribution in [2.24, 2.45) is 9.98 Å². The van der Waals surface area contributed by atoms with Gasteiger partial charge in [-0.1, -0.05) is 59.1 Å². The lowest BCUT2D eigenvalue weighted by atomic mass is 10.0. The summed E-state index contributed by atoms with van der Waals surface area (Å²) in [5.41, 5.74) is 5.81. The average molecular weight is 474 g/mol. The van der Waals surface area contributed by atoms with E-state index in [1.165, 1.54) is 0 Å². The van der Waals surface area contributed by atoms with Crippen LogP contribution in [0.4, 0.5) is 16.2 Å². The second kappa shape index (κ2) is 9.39. The molecule has 1 aliphatic heterocycles. The van der Waals surface area contributed by atoms with Crippen molar-refractivity contribution < 1.29 is 9.63 Å². The van der Waals surface area contributed by atoms with E-state index in [4.69, 9.17) is 39.6 Å². The van der Waals surface area contributed by atoms with Gasteiger partial charge >= 0.3 is 6.09 Å². The van der Waals surface area contributed by atoms with Gasteiger partial charge in [0.1, 0.15) is 6.54 Å². The highest BCUT2D eigenvalue weighted by Gasteiger charge is 2.19. The summed E-state index contributed by atoms with van der Waals surface area (Å²) in [7, 11) is 0. The topological polar surface area (TPSA) is 75.1 Å². The van der Waals surface area contributed by atoms with Crippen molar-refractivity contribution in [3.63, 3.8) is 0 Å². The van der Waals surface area contributed by atoms with Gasteiger partial charge in [0.05, 0.1) is 11.4 Å². The first-order valence-electron chi connectivity index (χ1n) is 9.16. The van der Waals surface area contributed by atoms with Crippen LogP contribution in [0.1, 0.15) is 11.1 Å². The van der Waals surface area contributed by atoms with E-state index in [0.717, 1.165) is 11.1 Å². The Morgan fingerprint density at radius 3 is 2.52 bits per heavy atom. The molecule has 31 heavy (non-hydrogen) atoms. The molecule has 0 saturated carbocycles. The van der Waals surface area contributed by atoms with E-state index in [1.807, 2.05) is 18.2 Å². The highest BCUT2D eigenvalue weighted by atomic mass is 35.5. The molecular weight excluding hydrogens is 459 g/mol. The minimum atomic E-state index is -0.721. The molecule has 1 aliphatic rings. The zero-order valence-electron chi connectivity index (χ0n) is 15.9. The number of hydrogen-bond acceptors (Lipinski definition) is 5. The van der Waals surface area contributed by atoms with E-state index in [9.17, 15) is 4.79 Å². The van der Waals surface area contributed by atoms with Crippen LogP contribution in [0, 0.1) is 0 Å². The van der Waals surface area contributed by atoms with E-state index in [2.05, 4.69) is 20.8 Å².